The average molecular weight is 254 g/mol. The summed E-state index contributed by atoms with van der Waals surface area (Å²) in [5.74, 6) is 0.0290. The van der Waals surface area contributed by atoms with Gasteiger partial charge in [0, 0.05) is 19.1 Å². The number of carbonyl (C=O) groups excluding carboxylic acids is 2. The predicted molar refractivity (Wildman–Crippen MR) is 67.0 cm³/mol. The van der Waals surface area contributed by atoms with Gasteiger partial charge < -0.3 is 9.64 Å². The Morgan fingerprint density at radius 2 is 1.94 bits per heavy atom. The monoisotopic (exact) mass is 254 g/mol. The molecule has 5 nitrogen and oxygen atoms in total. The molecule has 2 fully saturated rings. The first kappa shape index (κ1) is 13.3. The molecule has 0 N–H and O–H groups in total. The Kier molecular flexibility index (Phi) is 4.58. The summed E-state index contributed by atoms with van der Waals surface area (Å²) >= 11 is 0. The average Bonchev–Trinajstić information content (AvgIpc) is 2.29. The second kappa shape index (κ2) is 6.18. The van der Waals surface area contributed by atoms with Gasteiger partial charge in [0.25, 0.3) is 0 Å². The Bertz CT molecular complexity index is 315. The van der Waals surface area contributed by atoms with Gasteiger partial charge in [0.15, 0.2) is 0 Å². The maximum atomic E-state index is 12.0. The minimum atomic E-state index is -0.178. The highest BCUT2D eigenvalue weighted by atomic mass is 16.5. The van der Waals surface area contributed by atoms with Crippen molar-refractivity contribution in [2.24, 2.45) is 0 Å². The van der Waals surface area contributed by atoms with Gasteiger partial charge in [-0.25, -0.2) is 0 Å². The zero-order chi connectivity index (χ0) is 13.0. The zero-order valence-corrected chi connectivity index (χ0v) is 11.1. The van der Waals surface area contributed by atoms with Crippen LogP contribution in [0.3, 0.4) is 0 Å². The van der Waals surface area contributed by atoms with Gasteiger partial charge in [-0.2, -0.15) is 0 Å². The molecule has 1 amide bonds. The van der Waals surface area contributed by atoms with Crippen molar-refractivity contribution in [3.63, 3.8) is 0 Å². The van der Waals surface area contributed by atoms with Crippen LogP contribution in [0.25, 0.3) is 0 Å². The molecule has 18 heavy (non-hydrogen) atoms. The molecular formula is C13H22N2O3. The summed E-state index contributed by atoms with van der Waals surface area (Å²) in [6.07, 6.45) is 4.77. The molecule has 0 spiro atoms. The summed E-state index contributed by atoms with van der Waals surface area (Å²) in [7, 11) is 1.42. The summed E-state index contributed by atoms with van der Waals surface area (Å²) in [6, 6.07) is 0.177. The van der Waals surface area contributed by atoms with Crippen LogP contribution < -0.4 is 0 Å². The molecule has 2 aliphatic rings. The van der Waals surface area contributed by atoms with E-state index >= 15 is 0 Å². The normalized spacial score (nSPS) is 24.5. The van der Waals surface area contributed by atoms with Crippen LogP contribution in [-0.4, -0.2) is 61.0 Å². The fraction of sp³-hybridized carbons (Fsp3) is 0.846. The number of hydrogen-bond acceptors (Lipinski definition) is 4. The quantitative estimate of drug-likeness (QED) is 0.691. The molecule has 0 aliphatic carbocycles. The molecule has 102 valence electrons. The third-order valence-electron chi connectivity index (χ3n) is 3.93. The van der Waals surface area contributed by atoms with Crippen molar-refractivity contribution in [1.29, 1.82) is 0 Å². The fourth-order valence-corrected chi connectivity index (χ4v) is 2.61. The van der Waals surface area contributed by atoms with Crippen LogP contribution in [0.15, 0.2) is 0 Å². The molecule has 5 heteroatoms. The third kappa shape index (κ3) is 3.22. The van der Waals surface area contributed by atoms with Crippen LogP contribution in [0.1, 0.15) is 32.1 Å². The van der Waals surface area contributed by atoms with E-state index in [1.165, 1.54) is 7.11 Å². The number of hydrogen-bond donors (Lipinski definition) is 0. The van der Waals surface area contributed by atoms with Crippen LogP contribution in [0.2, 0.25) is 0 Å². The second-order valence-corrected chi connectivity index (χ2v) is 5.13. The van der Waals surface area contributed by atoms with Crippen molar-refractivity contribution in [3.05, 3.63) is 0 Å². The highest BCUT2D eigenvalue weighted by molar-refractivity contribution is 5.79. The Hall–Kier alpha value is -1.10. The van der Waals surface area contributed by atoms with E-state index in [-0.39, 0.29) is 17.9 Å². The molecule has 0 saturated carbocycles. The molecule has 0 aromatic heterocycles. The molecule has 1 atom stereocenters. The smallest absolute Gasteiger partial charge is 0.307 e. The molecular weight excluding hydrogens is 232 g/mol. The molecule has 2 saturated heterocycles. The molecule has 2 rings (SSSR count). The highest BCUT2D eigenvalue weighted by Crippen LogP contribution is 2.20. The molecule has 2 aliphatic heterocycles. The topological polar surface area (TPSA) is 49.9 Å². The summed E-state index contributed by atoms with van der Waals surface area (Å²) in [5, 5.41) is 0. The summed E-state index contributed by atoms with van der Waals surface area (Å²) in [5.41, 5.74) is 0. The lowest BCUT2D eigenvalue weighted by Crippen LogP contribution is -2.50. The number of likely N-dealkylation sites (tertiary alicyclic amines) is 2. The van der Waals surface area contributed by atoms with E-state index in [2.05, 4.69) is 4.90 Å². The van der Waals surface area contributed by atoms with Gasteiger partial charge in [0.05, 0.1) is 20.1 Å². The fourth-order valence-electron chi connectivity index (χ4n) is 2.61. The van der Waals surface area contributed by atoms with E-state index < -0.39 is 0 Å². The lowest BCUT2D eigenvalue weighted by Gasteiger charge is -2.38. The Balaban J connectivity index is 1.86. The number of carbonyl (C=O) groups is 2. The van der Waals surface area contributed by atoms with Crippen molar-refractivity contribution in [1.82, 2.24) is 9.80 Å². The first-order valence-electron chi connectivity index (χ1n) is 6.79. The van der Waals surface area contributed by atoms with E-state index in [4.69, 9.17) is 4.74 Å². The summed E-state index contributed by atoms with van der Waals surface area (Å²) in [6.45, 7) is 3.17. The van der Waals surface area contributed by atoms with Gasteiger partial charge in [-0.15, -0.1) is 0 Å². The van der Waals surface area contributed by atoms with Crippen LogP contribution in [0.5, 0.6) is 0 Å². The maximum Gasteiger partial charge on any atom is 0.307 e. The Morgan fingerprint density at radius 1 is 1.17 bits per heavy atom. The van der Waals surface area contributed by atoms with Crippen LogP contribution >= 0.6 is 0 Å². The van der Waals surface area contributed by atoms with E-state index in [1.54, 1.807) is 0 Å². The van der Waals surface area contributed by atoms with Crippen molar-refractivity contribution in [3.8, 4) is 0 Å². The molecule has 1 unspecified atom stereocenters. The van der Waals surface area contributed by atoms with E-state index in [0.29, 0.717) is 13.0 Å². The standard InChI is InChI=1S/C13H22N2O3/c1-18-13(17)9-11-5-2-3-6-15(11)10-12(16)14-7-4-8-14/h11H,2-10H2,1H3. The summed E-state index contributed by atoms with van der Waals surface area (Å²) < 4.78 is 4.73. The molecule has 0 radical (unpaired) electrons. The Morgan fingerprint density at radius 3 is 2.56 bits per heavy atom. The van der Waals surface area contributed by atoms with Gasteiger partial charge in [0.1, 0.15) is 0 Å². The molecule has 2 heterocycles. The number of ether oxygens (including phenoxy) is 1. The van der Waals surface area contributed by atoms with Crippen molar-refractivity contribution in [2.45, 2.75) is 38.1 Å². The number of amides is 1. The second-order valence-electron chi connectivity index (χ2n) is 5.13. The number of rotatable bonds is 4. The number of methoxy groups -OCH3 is 1. The largest absolute Gasteiger partial charge is 0.469 e. The van der Waals surface area contributed by atoms with E-state index in [9.17, 15) is 9.59 Å². The maximum absolute atomic E-state index is 12.0. The minimum Gasteiger partial charge on any atom is -0.469 e. The van der Waals surface area contributed by atoms with Crippen LogP contribution in [0.4, 0.5) is 0 Å². The lowest BCUT2D eigenvalue weighted by atomic mass is 9.99. The van der Waals surface area contributed by atoms with Crippen LogP contribution in [-0.2, 0) is 14.3 Å². The SMILES string of the molecule is COC(=O)CC1CCCCN1CC(=O)N1CCC1. The van der Waals surface area contributed by atoms with Crippen LogP contribution in [0, 0.1) is 0 Å². The number of esters is 1. The van der Waals surface area contributed by atoms with Gasteiger partial charge in [-0.1, -0.05) is 6.42 Å². The van der Waals surface area contributed by atoms with Gasteiger partial charge in [-0.05, 0) is 25.8 Å². The predicted octanol–water partition coefficient (Wildman–Crippen LogP) is 0.636. The minimum absolute atomic E-state index is 0.177. The first-order chi connectivity index (χ1) is 8.70. The highest BCUT2D eigenvalue weighted by Gasteiger charge is 2.29. The first-order valence-corrected chi connectivity index (χ1v) is 6.79. The number of nitrogens with zero attached hydrogens (tertiary/aromatic N) is 2. The van der Waals surface area contributed by atoms with E-state index in [0.717, 1.165) is 45.3 Å². The molecule has 0 aromatic rings. The molecule has 0 bridgehead atoms. The van der Waals surface area contributed by atoms with E-state index in [1.807, 2.05) is 4.90 Å². The third-order valence-corrected chi connectivity index (χ3v) is 3.93. The lowest BCUT2D eigenvalue weighted by molar-refractivity contribution is -0.144. The number of piperidine rings is 1. The summed E-state index contributed by atoms with van der Waals surface area (Å²) in [4.78, 5) is 27.4. The Labute approximate surface area is 108 Å². The molecule has 0 aromatic carbocycles. The van der Waals surface area contributed by atoms with Gasteiger partial charge in [0.2, 0.25) is 5.91 Å². The van der Waals surface area contributed by atoms with Gasteiger partial charge >= 0.3 is 5.97 Å². The van der Waals surface area contributed by atoms with Crippen molar-refractivity contribution < 1.29 is 14.3 Å². The van der Waals surface area contributed by atoms with Crippen molar-refractivity contribution >= 4 is 11.9 Å². The van der Waals surface area contributed by atoms with Crippen molar-refractivity contribution in [2.75, 3.05) is 33.3 Å². The van der Waals surface area contributed by atoms with Gasteiger partial charge in [-0.3, -0.25) is 14.5 Å². The zero-order valence-electron chi connectivity index (χ0n) is 11.1.